The summed E-state index contributed by atoms with van der Waals surface area (Å²) in [7, 11) is 0. The lowest BCUT2D eigenvalue weighted by Crippen LogP contribution is -2.45. The van der Waals surface area contributed by atoms with E-state index in [9.17, 15) is 0 Å². The predicted octanol–water partition coefficient (Wildman–Crippen LogP) is 1.46. The molecule has 0 spiro atoms. The molecule has 0 amide bonds. The summed E-state index contributed by atoms with van der Waals surface area (Å²) in [5, 5.41) is 8.63. The van der Waals surface area contributed by atoms with Crippen molar-refractivity contribution in [1.29, 1.82) is 0 Å². The second-order valence-electron chi connectivity index (χ2n) is 3.83. The summed E-state index contributed by atoms with van der Waals surface area (Å²) in [6, 6.07) is 0.933. The summed E-state index contributed by atoms with van der Waals surface area (Å²) >= 11 is 0. The Morgan fingerprint density at radius 1 is 1.08 bits per heavy atom. The van der Waals surface area contributed by atoms with Crippen LogP contribution in [0, 0.1) is 0 Å². The fraction of sp³-hybridized carbons (Fsp3) is 1.00. The molecule has 3 heteroatoms. The van der Waals surface area contributed by atoms with Gasteiger partial charge in [0.2, 0.25) is 0 Å². The second-order valence-corrected chi connectivity index (χ2v) is 3.83. The van der Waals surface area contributed by atoms with E-state index in [0.29, 0.717) is 18.7 Å². The molecule has 0 aromatic heterocycles. The van der Waals surface area contributed by atoms with Crippen LogP contribution in [0.4, 0.5) is 0 Å². The number of hydrogen-bond acceptors (Lipinski definition) is 3. The van der Waals surface area contributed by atoms with Gasteiger partial charge in [0.25, 0.3) is 0 Å². The van der Waals surface area contributed by atoms with E-state index in [4.69, 9.17) is 9.84 Å². The van der Waals surface area contributed by atoms with Crippen molar-refractivity contribution in [3.05, 3.63) is 0 Å². The highest BCUT2D eigenvalue weighted by atomic mass is 16.5. The number of aliphatic hydroxyl groups is 1. The Bertz CT molecular complexity index is 118. The van der Waals surface area contributed by atoms with Crippen molar-refractivity contribution < 1.29 is 9.84 Å². The van der Waals surface area contributed by atoms with Gasteiger partial charge in [0.05, 0.1) is 13.2 Å². The third-order valence-electron chi connectivity index (χ3n) is 2.06. The largest absolute Gasteiger partial charge is 0.394 e. The highest BCUT2D eigenvalue weighted by Gasteiger charge is 2.19. The summed E-state index contributed by atoms with van der Waals surface area (Å²) in [6.07, 6.45) is 0.0761. The molecule has 0 aliphatic heterocycles. The fourth-order valence-electron chi connectivity index (χ4n) is 1.75. The number of rotatable bonds is 6. The standard InChI is InChI=1S/C10H23NO2/c1-8(2)11(9(3)4)10(5)13-7-6-12/h8-10,12H,6-7H2,1-5H3. The lowest BCUT2D eigenvalue weighted by molar-refractivity contribution is -0.0842. The first-order valence-corrected chi connectivity index (χ1v) is 5.00. The number of nitrogens with zero attached hydrogens (tertiary/aromatic N) is 1. The molecule has 13 heavy (non-hydrogen) atoms. The third-order valence-corrected chi connectivity index (χ3v) is 2.06. The van der Waals surface area contributed by atoms with Crippen LogP contribution in [0.5, 0.6) is 0 Å². The smallest absolute Gasteiger partial charge is 0.108 e. The third kappa shape index (κ3) is 4.60. The molecular formula is C10H23NO2. The Hall–Kier alpha value is -0.120. The van der Waals surface area contributed by atoms with E-state index in [0.717, 1.165) is 0 Å². The van der Waals surface area contributed by atoms with Crippen molar-refractivity contribution in [1.82, 2.24) is 4.90 Å². The van der Waals surface area contributed by atoms with Crippen LogP contribution in [0.1, 0.15) is 34.6 Å². The van der Waals surface area contributed by atoms with Gasteiger partial charge in [-0.1, -0.05) is 0 Å². The topological polar surface area (TPSA) is 32.7 Å². The highest BCUT2D eigenvalue weighted by Crippen LogP contribution is 2.11. The molecule has 0 radical (unpaired) electrons. The summed E-state index contributed by atoms with van der Waals surface area (Å²) < 4.78 is 5.45. The average Bonchev–Trinajstić information content (AvgIpc) is 1.99. The molecule has 1 atom stereocenters. The number of hydrogen-bond donors (Lipinski definition) is 1. The molecule has 0 rings (SSSR count). The van der Waals surface area contributed by atoms with Gasteiger partial charge in [0.15, 0.2) is 0 Å². The van der Waals surface area contributed by atoms with Crippen LogP contribution in [0.25, 0.3) is 0 Å². The molecule has 0 saturated heterocycles. The van der Waals surface area contributed by atoms with E-state index in [1.807, 2.05) is 6.92 Å². The van der Waals surface area contributed by atoms with E-state index in [-0.39, 0.29) is 12.8 Å². The first kappa shape index (κ1) is 12.9. The maximum Gasteiger partial charge on any atom is 0.108 e. The first-order chi connectivity index (χ1) is 6.00. The lowest BCUT2D eigenvalue weighted by atomic mass is 10.2. The van der Waals surface area contributed by atoms with Crippen molar-refractivity contribution >= 4 is 0 Å². The van der Waals surface area contributed by atoms with Crippen molar-refractivity contribution in [3.8, 4) is 0 Å². The molecule has 0 fully saturated rings. The van der Waals surface area contributed by atoms with Crippen LogP contribution in [0.15, 0.2) is 0 Å². The van der Waals surface area contributed by atoms with E-state index >= 15 is 0 Å². The molecule has 1 unspecified atom stereocenters. The molecule has 80 valence electrons. The zero-order chi connectivity index (χ0) is 10.4. The molecule has 0 heterocycles. The van der Waals surface area contributed by atoms with Gasteiger partial charge in [0, 0.05) is 12.1 Å². The van der Waals surface area contributed by atoms with Gasteiger partial charge in [-0.15, -0.1) is 0 Å². The van der Waals surface area contributed by atoms with Crippen LogP contribution < -0.4 is 0 Å². The summed E-state index contributed by atoms with van der Waals surface area (Å²) in [6.45, 7) is 11.1. The summed E-state index contributed by atoms with van der Waals surface area (Å²) in [4.78, 5) is 2.27. The monoisotopic (exact) mass is 189 g/mol. The van der Waals surface area contributed by atoms with Gasteiger partial charge in [-0.2, -0.15) is 0 Å². The molecule has 3 nitrogen and oxygen atoms in total. The lowest BCUT2D eigenvalue weighted by Gasteiger charge is -2.35. The Kier molecular flexibility index (Phi) is 6.29. The average molecular weight is 189 g/mol. The highest BCUT2D eigenvalue weighted by molar-refractivity contribution is 4.68. The predicted molar refractivity (Wildman–Crippen MR) is 54.6 cm³/mol. The van der Waals surface area contributed by atoms with Gasteiger partial charge in [-0.05, 0) is 34.6 Å². The Morgan fingerprint density at radius 3 is 1.85 bits per heavy atom. The first-order valence-electron chi connectivity index (χ1n) is 5.00. The number of aliphatic hydroxyl groups excluding tert-OH is 1. The Labute approximate surface area is 81.7 Å². The maximum atomic E-state index is 8.63. The van der Waals surface area contributed by atoms with Crippen molar-refractivity contribution in [2.75, 3.05) is 13.2 Å². The molecule has 0 saturated carbocycles. The molecular weight excluding hydrogens is 166 g/mol. The quantitative estimate of drug-likeness (QED) is 0.642. The van der Waals surface area contributed by atoms with Crippen molar-refractivity contribution in [2.24, 2.45) is 0 Å². The molecule has 1 N–H and O–H groups in total. The normalized spacial score (nSPS) is 14.5. The van der Waals surface area contributed by atoms with Crippen LogP contribution in [0.3, 0.4) is 0 Å². The van der Waals surface area contributed by atoms with Gasteiger partial charge >= 0.3 is 0 Å². The minimum atomic E-state index is 0.0761. The molecule has 0 aliphatic rings. The van der Waals surface area contributed by atoms with Gasteiger partial charge < -0.3 is 9.84 Å². The van der Waals surface area contributed by atoms with Crippen LogP contribution in [-0.2, 0) is 4.74 Å². The minimum Gasteiger partial charge on any atom is -0.394 e. The molecule has 0 aromatic rings. The van der Waals surface area contributed by atoms with Crippen molar-refractivity contribution in [2.45, 2.75) is 52.9 Å². The molecule has 0 aliphatic carbocycles. The van der Waals surface area contributed by atoms with Crippen molar-refractivity contribution in [3.63, 3.8) is 0 Å². The minimum absolute atomic E-state index is 0.0761. The van der Waals surface area contributed by atoms with E-state index in [2.05, 4.69) is 32.6 Å². The van der Waals surface area contributed by atoms with E-state index < -0.39 is 0 Å². The second kappa shape index (κ2) is 6.35. The summed E-state index contributed by atoms with van der Waals surface area (Å²) in [5.41, 5.74) is 0. The number of ether oxygens (including phenoxy) is 1. The summed E-state index contributed by atoms with van der Waals surface area (Å²) in [5.74, 6) is 0. The van der Waals surface area contributed by atoms with Gasteiger partial charge in [-0.3, -0.25) is 4.90 Å². The van der Waals surface area contributed by atoms with Crippen LogP contribution in [0.2, 0.25) is 0 Å². The molecule has 0 bridgehead atoms. The SMILES string of the molecule is CC(C)N(C(C)C)C(C)OCCO. The van der Waals surface area contributed by atoms with Crippen LogP contribution >= 0.6 is 0 Å². The van der Waals surface area contributed by atoms with Crippen LogP contribution in [-0.4, -0.2) is 41.5 Å². The maximum absolute atomic E-state index is 8.63. The van der Waals surface area contributed by atoms with Gasteiger partial charge in [-0.25, -0.2) is 0 Å². The molecule has 0 aromatic carbocycles. The Balaban J connectivity index is 4.04. The fourth-order valence-corrected chi connectivity index (χ4v) is 1.75. The van der Waals surface area contributed by atoms with Gasteiger partial charge in [0.1, 0.15) is 6.23 Å². The van der Waals surface area contributed by atoms with E-state index in [1.165, 1.54) is 0 Å². The Morgan fingerprint density at radius 2 is 1.54 bits per heavy atom. The zero-order valence-corrected chi connectivity index (χ0v) is 9.45. The zero-order valence-electron chi connectivity index (χ0n) is 9.45. The van der Waals surface area contributed by atoms with E-state index in [1.54, 1.807) is 0 Å².